The zero-order chi connectivity index (χ0) is 21.1. The summed E-state index contributed by atoms with van der Waals surface area (Å²) in [7, 11) is 2.10. The Morgan fingerprint density at radius 3 is 2.53 bits per heavy atom. The van der Waals surface area contributed by atoms with Gasteiger partial charge in [0.2, 0.25) is 5.91 Å². The van der Waals surface area contributed by atoms with Crippen molar-refractivity contribution in [2.24, 2.45) is 9.98 Å². The van der Waals surface area contributed by atoms with Gasteiger partial charge in [-0.05, 0) is 49.9 Å². The van der Waals surface area contributed by atoms with E-state index in [1.165, 1.54) is 23.9 Å². The van der Waals surface area contributed by atoms with Gasteiger partial charge in [-0.15, -0.1) is 0 Å². The Bertz CT molecular complexity index is 995. The fourth-order valence-corrected chi connectivity index (χ4v) is 4.53. The van der Waals surface area contributed by atoms with Crippen LogP contribution in [0, 0.1) is 12.7 Å². The molecule has 2 aromatic rings. The highest BCUT2D eigenvalue weighted by Gasteiger charge is 2.39. The molecular formula is C23H25FN4OS. The Labute approximate surface area is 180 Å². The number of para-hydroxylation sites is 1. The third-order valence-electron chi connectivity index (χ3n) is 5.50. The normalized spacial score (nSPS) is 18.2. The predicted molar refractivity (Wildman–Crippen MR) is 122 cm³/mol. The molecule has 1 fully saturated rings. The minimum atomic E-state index is -0.467. The molecule has 0 radical (unpaired) electrons. The van der Waals surface area contributed by atoms with E-state index in [4.69, 9.17) is 9.98 Å². The number of aryl methyl sites for hydroxylation is 1. The predicted octanol–water partition coefficient (Wildman–Crippen LogP) is 4.13. The first-order valence-electron chi connectivity index (χ1n) is 10.1. The number of benzene rings is 2. The van der Waals surface area contributed by atoms with E-state index in [1.807, 2.05) is 31.2 Å². The van der Waals surface area contributed by atoms with Crippen LogP contribution in [0.3, 0.4) is 0 Å². The Balaban J connectivity index is 1.52. The molecule has 2 aromatic carbocycles. The van der Waals surface area contributed by atoms with E-state index in [0.717, 1.165) is 53.5 Å². The maximum atomic E-state index is 13.4. The fraction of sp³-hybridized carbons (Fsp3) is 0.348. The van der Waals surface area contributed by atoms with Crippen molar-refractivity contribution >= 4 is 34.1 Å². The van der Waals surface area contributed by atoms with Gasteiger partial charge in [0.1, 0.15) is 10.9 Å². The molecular weight excluding hydrogens is 399 g/mol. The van der Waals surface area contributed by atoms with Gasteiger partial charge in [0.25, 0.3) is 0 Å². The number of carbonyl (C=O) groups excluding carboxylic acids is 1. The second kappa shape index (κ2) is 8.70. The molecule has 1 N–H and O–H groups in total. The first-order chi connectivity index (χ1) is 14.4. The van der Waals surface area contributed by atoms with Gasteiger partial charge in [-0.1, -0.05) is 30.0 Å². The monoisotopic (exact) mass is 424 g/mol. The molecule has 1 spiro atoms. The smallest absolute Gasteiger partial charge is 0.234 e. The molecule has 2 aliphatic heterocycles. The van der Waals surface area contributed by atoms with Crippen LogP contribution in [0.15, 0.2) is 58.5 Å². The van der Waals surface area contributed by atoms with E-state index in [1.54, 1.807) is 12.1 Å². The number of nitrogens with one attached hydrogen (secondary N) is 1. The number of amides is 1. The van der Waals surface area contributed by atoms with Crippen molar-refractivity contribution in [1.82, 2.24) is 4.90 Å². The highest BCUT2D eigenvalue weighted by molar-refractivity contribution is 8.16. The Morgan fingerprint density at radius 1 is 1.13 bits per heavy atom. The van der Waals surface area contributed by atoms with Crippen molar-refractivity contribution in [2.45, 2.75) is 25.4 Å². The summed E-state index contributed by atoms with van der Waals surface area (Å²) < 4.78 is 13.4. The molecule has 4 rings (SSSR count). The van der Waals surface area contributed by atoms with Gasteiger partial charge in [0, 0.05) is 37.2 Å². The molecule has 0 aliphatic carbocycles. The molecule has 0 saturated carbocycles. The zero-order valence-corrected chi connectivity index (χ0v) is 18.0. The Morgan fingerprint density at radius 2 is 1.83 bits per heavy atom. The van der Waals surface area contributed by atoms with Gasteiger partial charge in [-0.3, -0.25) is 9.79 Å². The van der Waals surface area contributed by atoms with Crippen LogP contribution in [-0.2, 0) is 4.79 Å². The molecule has 0 unspecified atom stereocenters. The number of rotatable bonds is 4. The van der Waals surface area contributed by atoms with Crippen LogP contribution >= 0.6 is 11.8 Å². The molecule has 5 nitrogen and oxygen atoms in total. The first-order valence-corrected chi connectivity index (χ1v) is 11.1. The average molecular weight is 425 g/mol. The van der Waals surface area contributed by atoms with Crippen LogP contribution in [0.1, 0.15) is 24.0 Å². The van der Waals surface area contributed by atoms with E-state index in [0.29, 0.717) is 0 Å². The van der Waals surface area contributed by atoms with Crippen LogP contribution in [0.5, 0.6) is 0 Å². The molecule has 0 aromatic heterocycles. The summed E-state index contributed by atoms with van der Waals surface area (Å²) in [6.07, 6.45) is 1.68. The van der Waals surface area contributed by atoms with Crippen molar-refractivity contribution in [2.75, 3.05) is 31.2 Å². The summed E-state index contributed by atoms with van der Waals surface area (Å²) in [6, 6.07) is 14.0. The van der Waals surface area contributed by atoms with Crippen molar-refractivity contribution in [1.29, 1.82) is 0 Å². The van der Waals surface area contributed by atoms with E-state index in [-0.39, 0.29) is 17.5 Å². The lowest BCUT2D eigenvalue weighted by molar-refractivity contribution is -0.113. The summed E-state index contributed by atoms with van der Waals surface area (Å²) in [4.78, 5) is 24.8. The second-order valence-electron chi connectivity index (χ2n) is 7.82. The van der Waals surface area contributed by atoms with Crippen LogP contribution in [-0.4, -0.2) is 53.1 Å². The number of hydrogen-bond acceptors (Lipinski definition) is 5. The summed E-state index contributed by atoms with van der Waals surface area (Å²) in [5.41, 5.74) is 2.96. The van der Waals surface area contributed by atoms with Crippen molar-refractivity contribution in [3.05, 3.63) is 65.5 Å². The lowest BCUT2D eigenvalue weighted by Crippen LogP contribution is -2.39. The number of nitrogens with zero attached hydrogens (tertiary/aromatic N) is 3. The van der Waals surface area contributed by atoms with Crippen molar-refractivity contribution in [3.63, 3.8) is 0 Å². The molecule has 0 bridgehead atoms. The number of hydrogen-bond donors (Lipinski definition) is 1. The molecule has 7 heteroatoms. The topological polar surface area (TPSA) is 57.1 Å². The van der Waals surface area contributed by atoms with Crippen LogP contribution < -0.4 is 5.32 Å². The number of halogens is 1. The minimum Gasteiger partial charge on any atom is -0.325 e. The van der Waals surface area contributed by atoms with Crippen molar-refractivity contribution < 1.29 is 9.18 Å². The van der Waals surface area contributed by atoms with Gasteiger partial charge in [0.05, 0.1) is 11.5 Å². The summed E-state index contributed by atoms with van der Waals surface area (Å²) >= 11 is 1.39. The highest BCUT2D eigenvalue weighted by atomic mass is 32.2. The van der Waals surface area contributed by atoms with E-state index in [2.05, 4.69) is 17.3 Å². The zero-order valence-electron chi connectivity index (χ0n) is 17.2. The lowest BCUT2D eigenvalue weighted by atomic mass is 9.99. The summed E-state index contributed by atoms with van der Waals surface area (Å²) in [5, 5.41) is 3.72. The SMILES string of the molecule is Cc1ccccc1NC(=O)CSC1=NC2(CCN(C)CC2)N=C1c1ccc(F)cc1. The molecule has 1 saturated heterocycles. The number of piperidine rings is 1. The number of anilines is 1. The minimum absolute atomic E-state index is 0.0835. The standard InChI is InChI=1S/C23H25FN4OS/c1-16-5-3-4-6-19(16)25-20(29)15-30-22-21(17-7-9-18(24)10-8-17)26-23(27-22)11-13-28(2)14-12-23/h3-10H,11-15H2,1-2H3,(H,25,29). The van der Waals surface area contributed by atoms with Gasteiger partial charge in [-0.2, -0.15) is 0 Å². The maximum absolute atomic E-state index is 13.4. The number of carbonyl (C=O) groups is 1. The lowest BCUT2D eigenvalue weighted by Gasteiger charge is -2.33. The molecule has 1 amide bonds. The van der Waals surface area contributed by atoms with Crippen LogP contribution in [0.2, 0.25) is 0 Å². The largest absolute Gasteiger partial charge is 0.325 e. The molecule has 2 heterocycles. The highest BCUT2D eigenvalue weighted by Crippen LogP contribution is 2.35. The maximum Gasteiger partial charge on any atom is 0.234 e. The number of likely N-dealkylation sites (tertiary alicyclic amines) is 1. The van der Waals surface area contributed by atoms with Gasteiger partial charge >= 0.3 is 0 Å². The molecule has 0 atom stereocenters. The van der Waals surface area contributed by atoms with Gasteiger partial charge in [0.15, 0.2) is 5.66 Å². The summed E-state index contributed by atoms with van der Waals surface area (Å²) in [6.45, 7) is 3.82. The van der Waals surface area contributed by atoms with Crippen LogP contribution in [0.25, 0.3) is 0 Å². The van der Waals surface area contributed by atoms with Gasteiger partial charge in [-0.25, -0.2) is 9.38 Å². The summed E-state index contributed by atoms with van der Waals surface area (Å²) in [5.74, 6) is -0.126. The molecule has 30 heavy (non-hydrogen) atoms. The van der Waals surface area contributed by atoms with Gasteiger partial charge < -0.3 is 10.2 Å². The first kappa shape index (κ1) is 20.8. The van der Waals surface area contributed by atoms with E-state index in [9.17, 15) is 9.18 Å². The molecule has 156 valence electrons. The average Bonchev–Trinajstić information content (AvgIpc) is 3.09. The number of aliphatic imine (C=N–C) groups is 2. The molecule has 2 aliphatic rings. The quantitative estimate of drug-likeness (QED) is 0.803. The Kier molecular flexibility index (Phi) is 6.01. The second-order valence-corrected chi connectivity index (χ2v) is 8.79. The fourth-order valence-electron chi connectivity index (χ4n) is 3.65. The Hall–Kier alpha value is -2.51. The van der Waals surface area contributed by atoms with E-state index >= 15 is 0 Å². The third-order valence-corrected chi connectivity index (χ3v) is 6.46. The number of thioether (sulfide) groups is 1. The van der Waals surface area contributed by atoms with Crippen LogP contribution in [0.4, 0.5) is 10.1 Å². The third kappa shape index (κ3) is 4.63. The van der Waals surface area contributed by atoms with E-state index < -0.39 is 5.66 Å². The van der Waals surface area contributed by atoms with Crippen molar-refractivity contribution in [3.8, 4) is 0 Å².